The van der Waals surface area contributed by atoms with E-state index in [2.05, 4.69) is 5.32 Å². The third-order valence-electron chi connectivity index (χ3n) is 5.77. The van der Waals surface area contributed by atoms with Gasteiger partial charge in [0.25, 0.3) is 5.91 Å². The molecule has 31 heavy (non-hydrogen) atoms. The predicted octanol–water partition coefficient (Wildman–Crippen LogP) is 4.14. The molecule has 1 atom stereocenters. The van der Waals surface area contributed by atoms with Gasteiger partial charge in [-0.25, -0.2) is 0 Å². The summed E-state index contributed by atoms with van der Waals surface area (Å²) in [5.74, 6) is 0.171. The topological polar surface area (TPSA) is 69.6 Å². The summed E-state index contributed by atoms with van der Waals surface area (Å²) < 4.78 is 12.5. The number of benzene rings is 2. The summed E-state index contributed by atoms with van der Waals surface area (Å²) in [6, 6.07) is 12.5. The fourth-order valence-electron chi connectivity index (χ4n) is 4.08. The van der Waals surface area contributed by atoms with Gasteiger partial charge in [0.15, 0.2) is 0 Å². The second kappa shape index (κ2) is 9.12. The fraction of sp³-hybridized carbons (Fsp3) is 0.333. The lowest BCUT2D eigenvalue weighted by atomic mass is 10.1. The lowest BCUT2D eigenvalue weighted by Crippen LogP contribution is -2.28. The molecular formula is C24H25ClN2O4. The zero-order valence-corrected chi connectivity index (χ0v) is 18.4. The standard InChI is InChI=1S/C24H25ClN2O4/c1-15-20(13-23(28)31-14-18-4-3-11-26-18)21-12-19(30-2)9-10-22(21)27(15)24(29)16-5-7-17(25)8-6-16/h5-10,12,18,26H,3-4,11,13-14H2,1-2H3. The van der Waals surface area contributed by atoms with E-state index in [4.69, 9.17) is 21.1 Å². The molecule has 6 nitrogen and oxygen atoms in total. The number of nitrogens with zero attached hydrogens (tertiary/aromatic N) is 1. The van der Waals surface area contributed by atoms with Crippen LogP contribution in [0.15, 0.2) is 42.5 Å². The van der Waals surface area contributed by atoms with Crippen LogP contribution in [0.4, 0.5) is 0 Å². The minimum absolute atomic E-state index is 0.0864. The van der Waals surface area contributed by atoms with E-state index >= 15 is 0 Å². The lowest BCUT2D eigenvalue weighted by molar-refractivity contribution is -0.143. The van der Waals surface area contributed by atoms with Crippen LogP contribution >= 0.6 is 11.6 Å². The summed E-state index contributed by atoms with van der Waals surface area (Å²) in [6.07, 6.45) is 2.20. The Balaban J connectivity index is 1.68. The molecule has 0 spiro atoms. The summed E-state index contributed by atoms with van der Waals surface area (Å²) in [5.41, 5.74) is 2.71. The summed E-state index contributed by atoms with van der Waals surface area (Å²) >= 11 is 5.97. The van der Waals surface area contributed by atoms with Crippen molar-refractivity contribution in [2.45, 2.75) is 32.2 Å². The Kier molecular flexibility index (Phi) is 6.30. The van der Waals surface area contributed by atoms with Crippen molar-refractivity contribution in [2.75, 3.05) is 20.3 Å². The third kappa shape index (κ3) is 4.45. The van der Waals surface area contributed by atoms with Gasteiger partial charge >= 0.3 is 5.97 Å². The van der Waals surface area contributed by atoms with Crippen molar-refractivity contribution in [3.8, 4) is 5.75 Å². The average molecular weight is 441 g/mol. The Morgan fingerprint density at radius 1 is 1.19 bits per heavy atom. The molecule has 1 N–H and O–H groups in total. The van der Waals surface area contributed by atoms with Crippen molar-refractivity contribution < 1.29 is 19.1 Å². The lowest BCUT2D eigenvalue weighted by Gasteiger charge is -2.11. The quantitative estimate of drug-likeness (QED) is 0.583. The first-order chi connectivity index (χ1) is 15.0. The number of fused-ring (bicyclic) bond motifs is 1. The predicted molar refractivity (Wildman–Crippen MR) is 120 cm³/mol. The van der Waals surface area contributed by atoms with Crippen LogP contribution in [0, 0.1) is 6.92 Å². The zero-order valence-electron chi connectivity index (χ0n) is 17.6. The highest BCUT2D eigenvalue weighted by Gasteiger charge is 2.23. The fourth-order valence-corrected chi connectivity index (χ4v) is 4.21. The van der Waals surface area contributed by atoms with Crippen molar-refractivity contribution in [1.29, 1.82) is 0 Å². The SMILES string of the molecule is COc1ccc2c(c1)c(CC(=O)OCC1CCCN1)c(C)n2C(=O)c1ccc(Cl)cc1. The summed E-state index contributed by atoms with van der Waals surface area (Å²) in [4.78, 5) is 25.9. The van der Waals surface area contributed by atoms with E-state index in [0.29, 0.717) is 28.6 Å². The van der Waals surface area contributed by atoms with Gasteiger partial charge in [-0.15, -0.1) is 0 Å². The first kappa shape index (κ1) is 21.4. The number of nitrogens with one attached hydrogen (secondary N) is 1. The van der Waals surface area contributed by atoms with Crippen molar-refractivity contribution >= 4 is 34.4 Å². The van der Waals surface area contributed by atoms with Gasteiger partial charge in [0.1, 0.15) is 12.4 Å². The number of carbonyl (C=O) groups is 2. The van der Waals surface area contributed by atoms with Gasteiger partial charge in [-0.2, -0.15) is 0 Å². The molecular weight excluding hydrogens is 416 g/mol. The number of ether oxygens (including phenoxy) is 2. The van der Waals surface area contributed by atoms with E-state index in [1.54, 1.807) is 42.0 Å². The van der Waals surface area contributed by atoms with Crippen LogP contribution in [-0.2, 0) is 16.0 Å². The summed E-state index contributed by atoms with van der Waals surface area (Å²) in [6.45, 7) is 3.17. The zero-order chi connectivity index (χ0) is 22.0. The third-order valence-corrected chi connectivity index (χ3v) is 6.02. The Bertz CT molecular complexity index is 1110. The van der Waals surface area contributed by atoms with Gasteiger partial charge in [-0.05, 0) is 74.3 Å². The highest BCUT2D eigenvalue weighted by molar-refractivity contribution is 6.30. The number of esters is 1. The van der Waals surface area contributed by atoms with Crippen molar-refractivity contribution in [3.63, 3.8) is 0 Å². The van der Waals surface area contributed by atoms with Gasteiger partial charge in [-0.3, -0.25) is 14.2 Å². The van der Waals surface area contributed by atoms with Crippen molar-refractivity contribution in [2.24, 2.45) is 0 Å². The smallest absolute Gasteiger partial charge is 0.310 e. The molecule has 0 amide bonds. The van der Waals surface area contributed by atoms with E-state index < -0.39 is 0 Å². The van der Waals surface area contributed by atoms with Gasteiger partial charge in [-0.1, -0.05) is 11.6 Å². The Morgan fingerprint density at radius 3 is 2.65 bits per heavy atom. The summed E-state index contributed by atoms with van der Waals surface area (Å²) in [5, 5.41) is 4.69. The Hall–Kier alpha value is -2.83. The number of halogens is 1. The minimum atomic E-state index is -0.308. The molecule has 1 fully saturated rings. The van der Waals surface area contributed by atoms with Crippen LogP contribution in [0.1, 0.15) is 34.5 Å². The van der Waals surface area contributed by atoms with E-state index in [9.17, 15) is 9.59 Å². The highest BCUT2D eigenvalue weighted by Crippen LogP contribution is 2.31. The molecule has 1 aliphatic rings. The highest BCUT2D eigenvalue weighted by atomic mass is 35.5. The molecule has 7 heteroatoms. The first-order valence-electron chi connectivity index (χ1n) is 10.3. The number of carbonyl (C=O) groups excluding carboxylic acids is 2. The average Bonchev–Trinajstić information content (AvgIpc) is 3.39. The monoisotopic (exact) mass is 440 g/mol. The van der Waals surface area contributed by atoms with E-state index in [-0.39, 0.29) is 24.3 Å². The van der Waals surface area contributed by atoms with Crippen LogP contribution in [0.25, 0.3) is 10.9 Å². The molecule has 3 aromatic rings. The molecule has 0 bridgehead atoms. The van der Waals surface area contributed by atoms with Crippen LogP contribution in [0.2, 0.25) is 5.02 Å². The van der Waals surface area contributed by atoms with E-state index in [0.717, 1.165) is 35.9 Å². The molecule has 162 valence electrons. The van der Waals surface area contributed by atoms with Crippen LogP contribution in [0.5, 0.6) is 5.75 Å². The Labute approximate surface area is 186 Å². The number of methoxy groups -OCH3 is 1. The second-order valence-corrected chi connectivity index (χ2v) is 8.18. The molecule has 0 radical (unpaired) electrons. The van der Waals surface area contributed by atoms with Crippen molar-refractivity contribution in [1.82, 2.24) is 9.88 Å². The maximum absolute atomic E-state index is 13.3. The largest absolute Gasteiger partial charge is 0.497 e. The van der Waals surface area contributed by atoms with Crippen LogP contribution in [-0.4, -0.2) is 42.7 Å². The minimum Gasteiger partial charge on any atom is -0.497 e. The molecule has 1 aromatic heterocycles. The van der Waals surface area contributed by atoms with Gasteiger partial charge in [0.05, 0.1) is 19.0 Å². The van der Waals surface area contributed by atoms with Gasteiger partial charge < -0.3 is 14.8 Å². The number of aromatic nitrogens is 1. The van der Waals surface area contributed by atoms with Gasteiger partial charge in [0.2, 0.25) is 0 Å². The second-order valence-electron chi connectivity index (χ2n) is 7.75. The molecule has 1 aliphatic heterocycles. The maximum Gasteiger partial charge on any atom is 0.310 e. The van der Waals surface area contributed by atoms with Crippen LogP contribution < -0.4 is 10.1 Å². The van der Waals surface area contributed by atoms with Crippen LogP contribution in [0.3, 0.4) is 0 Å². The molecule has 4 rings (SSSR count). The Morgan fingerprint density at radius 2 is 1.97 bits per heavy atom. The number of rotatable bonds is 6. The number of hydrogen-bond donors (Lipinski definition) is 1. The first-order valence-corrected chi connectivity index (χ1v) is 10.7. The molecule has 0 aliphatic carbocycles. The van der Waals surface area contributed by atoms with E-state index in [1.165, 1.54) is 0 Å². The van der Waals surface area contributed by atoms with Crippen molar-refractivity contribution in [3.05, 3.63) is 64.3 Å². The normalized spacial score (nSPS) is 15.9. The molecule has 2 aromatic carbocycles. The molecule has 1 saturated heterocycles. The van der Waals surface area contributed by atoms with E-state index in [1.807, 2.05) is 19.1 Å². The molecule has 0 saturated carbocycles. The maximum atomic E-state index is 13.3. The molecule has 1 unspecified atom stereocenters. The summed E-state index contributed by atoms with van der Waals surface area (Å²) in [7, 11) is 1.59. The number of hydrogen-bond acceptors (Lipinski definition) is 5. The van der Waals surface area contributed by atoms with Gasteiger partial charge in [0, 0.05) is 27.7 Å². The molecule has 2 heterocycles.